The molecule has 0 aliphatic rings. The van der Waals surface area contributed by atoms with E-state index in [0.717, 1.165) is 5.56 Å². The Hall–Kier alpha value is -2.59. The van der Waals surface area contributed by atoms with Crippen LogP contribution in [-0.4, -0.2) is 12.6 Å². The van der Waals surface area contributed by atoms with Crippen molar-refractivity contribution in [3.63, 3.8) is 0 Å². The lowest BCUT2D eigenvalue weighted by atomic mass is 10.0. The molecule has 0 unspecified atom stereocenters. The highest BCUT2D eigenvalue weighted by Crippen LogP contribution is 2.16. The second kappa shape index (κ2) is 6.98. The Morgan fingerprint density at radius 3 is 2.42 bits per heavy atom. The van der Waals surface area contributed by atoms with Crippen LogP contribution in [0.15, 0.2) is 29.8 Å². The van der Waals surface area contributed by atoms with Crippen molar-refractivity contribution in [2.45, 2.75) is 19.8 Å². The van der Waals surface area contributed by atoms with Crippen LogP contribution in [0.2, 0.25) is 0 Å². The number of carbonyl (C=O) groups excluding carboxylic acids is 1. The van der Waals surface area contributed by atoms with E-state index in [9.17, 15) is 4.79 Å². The van der Waals surface area contributed by atoms with Crippen LogP contribution < -0.4 is 0 Å². The van der Waals surface area contributed by atoms with Gasteiger partial charge in [-0.05, 0) is 23.1 Å². The SMILES string of the molecule is CC(C)c1ccc(/C=C(\C#N)C(=O)OCC#N)cc1. The number of ether oxygens (including phenoxy) is 1. The van der Waals surface area contributed by atoms with Crippen LogP contribution in [0.4, 0.5) is 0 Å². The molecule has 0 aliphatic carbocycles. The Balaban J connectivity index is 2.90. The van der Waals surface area contributed by atoms with Gasteiger partial charge in [-0.1, -0.05) is 38.1 Å². The van der Waals surface area contributed by atoms with Gasteiger partial charge in [0.1, 0.15) is 17.7 Å². The fourth-order valence-electron chi connectivity index (χ4n) is 1.46. The van der Waals surface area contributed by atoms with Gasteiger partial charge in [-0.15, -0.1) is 0 Å². The summed E-state index contributed by atoms with van der Waals surface area (Å²) in [5.74, 6) is -0.356. The van der Waals surface area contributed by atoms with Crippen LogP contribution in [0, 0.1) is 22.7 Å². The van der Waals surface area contributed by atoms with E-state index in [-0.39, 0.29) is 12.2 Å². The lowest BCUT2D eigenvalue weighted by Gasteiger charge is -2.05. The Labute approximate surface area is 112 Å². The number of nitrogens with zero attached hydrogens (tertiary/aromatic N) is 2. The number of carbonyl (C=O) groups is 1. The molecule has 0 saturated heterocycles. The number of esters is 1. The Kier molecular flexibility index (Phi) is 5.32. The van der Waals surface area contributed by atoms with Crippen molar-refractivity contribution in [3.05, 3.63) is 41.0 Å². The minimum absolute atomic E-state index is 0.118. The number of rotatable bonds is 4. The van der Waals surface area contributed by atoms with Crippen molar-refractivity contribution >= 4 is 12.0 Å². The topological polar surface area (TPSA) is 73.9 Å². The molecule has 19 heavy (non-hydrogen) atoms. The monoisotopic (exact) mass is 254 g/mol. The summed E-state index contributed by atoms with van der Waals surface area (Å²) in [6.07, 6.45) is 1.45. The Bertz CT molecular complexity index is 557. The summed E-state index contributed by atoms with van der Waals surface area (Å²) in [6, 6.07) is 11.0. The summed E-state index contributed by atoms with van der Waals surface area (Å²) >= 11 is 0. The molecule has 0 saturated carbocycles. The van der Waals surface area contributed by atoms with Crippen LogP contribution in [-0.2, 0) is 9.53 Å². The molecule has 0 amide bonds. The first kappa shape index (κ1) is 14.5. The second-order valence-electron chi connectivity index (χ2n) is 4.23. The number of nitriles is 2. The molecule has 96 valence electrons. The minimum Gasteiger partial charge on any atom is -0.446 e. The largest absolute Gasteiger partial charge is 0.446 e. The molecule has 0 atom stereocenters. The first-order chi connectivity index (χ1) is 9.08. The van der Waals surface area contributed by atoms with Crippen LogP contribution in [0.1, 0.15) is 30.9 Å². The van der Waals surface area contributed by atoms with Gasteiger partial charge in [-0.3, -0.25) is 0 Å². The molecule has 1 rings (SSSR count). The van der Waals surface area contributed by atoms with E-state index in [4.69, 9.17) is 10.5 Å². The molecule has 0 radical (unpaired) electrons. The molecule has 0 bridgehead atoms. The second-order valence-corrected chi connectivity index (χ2v) is 4.23. The zero-order valence-corrected chi connectivity index (χ0v) is 10.9. The molecule has 0 aromatic heterocycles. The average Bonchev–Trinajstić information content (AvgIpc) is 2.42. The molecular weight excluding hydrogens is 240 g/mol. The van der Waals surface area contributed by atoms with E-state index in [1.807, 2.05) is 24.3 Å². The van der Waals surface area contributed by atoms with Crippen LogP contribution >= 0.6 is 0 Å². The maximum Gasteiger partial charge on any atom is 0.349 e. The Morgan fingerprint density at radius 1 is 1.32 bits per heavy atom. The average molecular weight is 254 g/mol. The van der Waals surface area contributed by atoms with E-state index in [2.05, 4.69) is 18.6 Å². The summed E-state index contributed by atoms with van der Waals surface area (Å²) in [7, 11) is 0. The van der Waals surface area contributed by atoms with Gasteiger partial charge in [0.15, 0.2) is 6.61 Å². The highest BCUT2D eigenvalue weighted by molar-refractivity contribution is 5.97. The maximum atomic E-state index is 11.4. The molecule has 1 aromatic carbocycles. The molecule has 4 heteroatoms. The zero-order chi connectivity index (χ0) is 14.3. The molecule has 0 N–H and O–H groups in total. The van der Waals surface area contributed by atoms with Crippen molar-refractivity contribution in [3.8, 4) is 12.1 Å². The predicted octanol–water partition coefficient (Wildman–Crippen LogP) is 2.78. The first-order valence-electron chi connectivity index (χ1n) is 5.84. The third-order valence-electron chi connectivity index (χ3n) is 2.52. The zero-order valence-electron chi connectivity index (χ0n) is 10.9. The fourth-order valence-corrected chi connectivity index (χ4v) is 1.46. The molecule has 1 aromatic rings. The quantitative estimate of drug-likeness (QED) is 0.470. The smallest absolute Gasteiger partial charge is 0.349 e. The van der Waals surface area contributed by atoms with Gasteiger partial charge in [-0.2, -0.15) is 10.5 Å². The van der Waals surface area contributed by atoms with Crippen LogP contribution in [0.5, 0.6) is 0 Å². The van der Waals surface area contributed by atoms with Crippen molar-refractivity contribution in [2.75, 3.05) is 6.61 Å². The lowest BCUT2D eigenvalue weighted by molar-refractivity contribution is -0.137. The highest BCUT2D eigenvalue weighted by Gasteiger charge is 2.10. The third-order valence-corrected chi connectivity index (χ3v) is 2.52. The van der Waals surface area contributed by atoms with E-state index in [1.165, 1.54) is 11.6 Å². The van der Waals surface area contributed by atoms with Crippen molar-refractivity contribution in [1.82, 2.24) is 0 Å². The van der Waals surface area contributed by atoms with Gasteiger partial charge in [0.25, 0.3) is 0 Å². The van der Waals surface area contributed by atoms with Gasteiger partial charge in [0.05, 0.1) is 0 Å². The molecule has 0 heterocycles. The molecule has 0 aliphatic heterocycles. The summed E-state index contributed by atoms with van der Waals surface area (Å²) in [5, 5.41) is 17.2. The van der Waals surface area contributed by atoms with Gasteiger partial charge in [0, 0.05) is 0 Å². The van der Waals surface area contributed by atoms with E-state index >= 15 is 0 Å². The van der Waals surface area contributed by atoms with E-state index in [1.54, 1.807) is 12.1 Å². The van der Waals surface area contributed by atoms with Gasteiger partial charge in [0.2, 0.25) is 0 Å². The van der Waals surface area contributed by atoms with Crippen molar-refractivity contribution in [2.24, 2.45) is 0 Å². The third kappa shape index (κ3) is 4.29. The van der Waals surface area contributed by atoms with Crippen molar-refractivity contribution < 1.29 is 9.53 Å². The van der Waals surface area contributed by atoms with E-state index in [0.29, 0.717) is 5.92 Å². The molecule has 0 fully saturated rings. The van der Waals surface area contributed by atoms with Crippen LogP contribution in [0.3, 0.4) is 0 Å². The van der Waals surface area contributed by atoms with Gasteiger partial charge < -0.3 is 4.74 Å². The maximum absolute atomic E-state index is 11.4. The summed E-state index contributed by atoms with van der Waals surface area (Å²) in [4.78, 5) is 11.4. The number of hydrogen-bond donors (Lipinski definition) is 0. The molecular formula is C15H14N2O2. The highest BCUT2D eigenvalue weighted by atomic mass is 16.5. The summed E-state index contributed by atoms with van der Waals surface area (Å²) in [5.41, 5.74) is 1.81. The summed E-state index contributed by atoms with van der Waals surface area (Å²) in [6.45, 7) is 3.82. The minimum atomic E-state index is -0.781. The Morgan fingerprint density at radius 2 is 1.95 bits per heavy atom. The van der Waals surface area contributed by atoms with Crippen molar-refractivity contribution in [1.29, 1.82) is 10.5 Å². The number of benzene rings is 1. The van der Waals surface area contributed by atoms with Gasteiger partial charge >= 0.3 is 5.97 Å². The molecule has 4 nitrogen and oxygen atoms in total. The van der Waals surface area contributed by atoms with Gasteiger partial charge in [-0.25, -0.2) is 4.79 Å². The summed E-state index contributed by atoms with van der Waals surface area (Å²) < 4.78 is 4.59. The first-order valence-corrected chi connectivity index (χ1v) is 5.84. The lowest BCUT2D eigenvalue weighted by Crippen LogP contribution is -2.06. The molecule has 0 spiro atoms. The predicted molar refractivity (Wildman–Crippen MR) is 70.7 cm³/mol. The standard InChI is InChI=1S/C15H14N2O2/c1-11(2)13-5-3-12(4-6-13)9-14(10-17)15(18)19-8-7-16/h3-6,9,11H,8H2,1-2H3/b14-9+. The number of hydrogen-bond acceptors (Lipinski definition) is 4. The normalized spacial score (nSPS) is 10.7. The fraction of sp³-hybridized carbons (Fsp3) is 0.267. The van der Waals surface area contributed by atoms with Crippen LogP contribution in [0.25, 0.3) is 6.08 Å². The van der Waals surface area contributed by atoms with E-state index < -0.39 is 5.97 Å².